The number of ether oxygens (including phenoxy) is 1. The molecule has 1 rings (SSSR count). The van der Waals surface area contributed by atoms with Crippen molar-refractivity contribution in [1.29, 1.82) is 0 Å². The second kappa shape index (κ2) is 4.00. The number of carbonyl (C=O) groups is 1. The van der Waals surface area contributed by atoms with E-state index in [1.54, 1.807) is 6.07 Å². The molecule has 3 nitrogen and oxygen atoms in total. The van der Waals surface area contributed by atoms with Crippen LogP contribution in [0.3, 0.4) is 0 Å². The number of anilines is 1. The Labute approximate surface area is 88.1 Å². The maximum Gasteiger partial charge on any atom is 0.348 e. The molecule has 0 unspecified atom stereocenters. The topological polar surface area (TPSA) is 38.3 Å². The third kappa shape index (κ3) is 3.03. The summed E-state index contributed by atoms with van der Waals surface area (Å²) in [5, 5.41) is 3.94. The van der Waals surface area contributed by atoms with Crippen molar-refractivity contribution in [3.05, 3.63) is 17.0 Å². The molecule has 1 heterocycles. The Morgan fingerprint density at radius 1 is 1.43 bits per heavy atom. The summed E-state index contributed by atoms with van der Waals surface area (Å²) >= 11 is 1.40. The molecule has 0 aromatic carbocycles. The van der Waals surface area contributed by atoms with Gasteiger partial charge in [0.1, 0.15) is 10.5 Å². The first kappa shape index (κ1) is 11.0. The molecule has 0 atom stereocenters. The number of carbonyl (C=O) groups excluding carboxylic acids is 1. The van der Waals surface area contributed by atoms with Gasteiger partial charge in [0.25, 0.3) is 0 Å². The van der Waals surface area contributed by atoms with Gasteiger partial charge in [0.05, 0.1) is 5.00 Å². The average Bonchev–Trinajstić information content (AvgIpc) is 2.48. The molecule has 0 aliphatic carbocycles. The minimum absolute atomic E-state index is 0.260. The standard InChI is InChI=1S/C10H15NO2S/c1-10(2,3)13-9(12)7-5-6-8(11-4)14-7/h5-6,11H,1-4H3. The Kier molecular flexibility index (Phi) is 3.16. The van der Waals surface area contributed by atoms with E-state index in [-0.39, 0.29) is 5.97 Å². The molecule has 0 aliphatic heterocycles. The van der Waals surface area contributed by atoms with Crippen LogP contribution in [0.25, 0.3) is 0 Å². The first-order valence-electron chi connectivity index (χ1n) is 4.43. The largest absolute Gasteiger partial charge is 0.456 e. The van der Waals surface area contributed by atoms with Crippen LogP contribution in [-0.2, 0) is 4.74 Å². The van der Waals surface area contributed by atoms with Crippen LogP contribution in [0.2, 0.25) is 0 Å². The van der Waals surface area contributed by atoms with E-state index in [0.717, 1.165) is 5.00 Å². The van der Waals surface area contributed by atoms with Gasteiger partial charge in [0, 0.05) is 7.05 Å². The van der Waals surface area contributed by atoms with Crippen molar-refractivity contribution in [2.75, 3.05) is 12.4 Å². The Balaban J connectivity index is 2.70. The summed E-state index contributed by atoms with van der Waals surface area (Å²) in [4.78, 5) is 12.2. The molecule has 0 saturated carbocycles. The van der Waals surface area contributed by atoms with Gasteiger partial charge in [-0.3, -0.25) is 0 Å². The van der Waals surface area contributed by atoms with E-state index in [4.69, 9.17) is 4.74 Å². The van der Waals surface area contributed by atoms with Crippen LogP contribution >= 0.6 is 11.3 Å². The minimum Gasteiger partial charge on any atom is -0.456 e. The zero-order valence-electron chi connectivity index (χ0n) is 8.88. The zero-order valence-corrected chi connectivity index (χ0v) is 9.70. The van der Waals surface area contributed by atoms with E-state index in [1.165, 1.54) is 11.3 Å². The Morgan fingerprint density at radius 3 is 2.50 bits per heavy atom. The molecule has 1 N–H and O–H groups in total. The minimum atomic E-state index is -0.430. The highest BCUT2D eigenvalue weighted by Gasteiger charge is 2.18. The highest BCUT2D eigenvalue weighted by atomic mass is 32.1. The van der Waals surface area contributed by atoms with Gasteiger partial charge in [-0.05, 0) is 32.9 Å². The third-order valence-electron chi connectivity index (χ3n) is 1.45. The second-order valence-corrected chi connectivity index (χ2v) is 5.00. The van der Waals surface area contributed by atoms with Gasteiger partial charge in [0.15, 0.2) is 0 Å². The van der Waals surface area contributed by atoms with Crippen LogP contribution in [0.4, 0.5) is 5.00 Å². The van der Waals surface area contributed by atoms with E-state index in [0.29, 0.717) is 4.88 Å². The van der Waals surface area contributed by atoms with Gasteiger partial charge < -0.3 is 10.1 Å². The molecule has 0 aliphatic rings. The van der Waals surface area contributed by atoms with E-state index in [2.05, 4.69) is 5.32 Å². The number of rotatable bonds is 2. The van der Waals surface area contributed by atoms with Gasteiger partial charge in [-0.2, -0.15) is 0 Å². The van der Waals surface area contributed by atoms with Crippen LogP contribution in [-0.4, -0.2) is 18.6 Å². The van der Waals surface area contributed by atoms with Crippen molar-refractivity contribution in [1.82, 2.24) is 0 Å². The summed E-state index contributed by atoms with van der Waals surface area (Å²) in [5.41, 5.74) is -0.430. The molecule has 0 spiro atoms. The second-order valence-electron chi connectivity index (χ2n) is 3.92. The SMILES string of the molecule is CNc1ccc(C(=O)OC(C)(C)C)s1. The summed E-state index contributed by atoms with van der Waals surface area (Å²) in [6, 6.07) is 3.63. The number of hydrogen-bond donors (Lipinski definition) is 1. The van der Waals surface area contributed by atoms with E-state index in [1.807, 2.05) is 33.9 Å². The number of thiophene rings is 1. The molecule has 1 aromatic heterocycles. The molecule has 1 aromatic rings. The predicted octanol–water partition coefficient (Wildman–Crippen LogP) is 2.75. The highest BCUT2D eigenvalue weighted by Crippen LogP contribution is 2.23. The summed E-state index contributed by atoms with van der Waals surface area (Å²) in [6.45, 7) is 5.58. The van der Waals surface area contributed by atoms with Gasteiger partial charge in [-0.25, -0.2) is 4.79 Å². The lowest BCUT2D eigenvalue weighted by molar-refractivity contribution is 0.00753. The van der Waals surface area contributed by atoms with Crippen LogP contribution in [0.15, 0.2) is 12.1 Å². The quantitative estimate of drug-likeness (QED) is 0.768. The lowest BCUT2D eigenvalue weighted by atomic mass is 10.2. The fraction of sp³-hybridized carbons (Fsp3) is 0.500. The number of esters is 1. The van der Waals surface area contributed by atoms with Gasteiger partial charge in [-0.15, -0.1) is 11.3 Å². The van der Waals surface area contributed by atoms with Crippen LogP contribution < -0.4 is 5.32 Å². The normalized spacial score (nSPS) is 11.1. The molecular formula is C10H15NO2S. The van der Waals surface area contributed by atoms with Crippen LogP contribution in [0.5, 0.6) is 0 Å². The molecule has 78 valence electrons. The predicted molar refractivity (Wildman–Crippen MR) is 59.0 cm³/mol. The molecule has 0 amide bonds. The Hall–Kier alpha value is -1.03. The summed E-state index contributed by atoms with van der Waals surface area (Å²) < 4.78 is 5.23. The highest BCUT2D eigenvalue weighted by molar-refractivity contribution is 7.17. The maximum absolute atomic E-state index is 11.5. The van der Waals surface area contributed by atoms with Crippen molar-refractivity contribution in [2.24, 2.45) is 0 Å². The van der Waals surface area contributed by atoms with Crippen molar-refractivity contribution in [3.63, 3.8) is 0 Å². The Bertz CT molecular complexity index is 325. The first-order valence-corrected chi connectivity index (χ1v) is 5.25. The molecule has 4 heteroatoms. The lowest BCUT2D eigenvalue weighted by Gasteiger charge is -2.18. The van der Waals surface area contributed by atoms with Crippen LogP contribution in [0, 0.1) is 0 Å². The van der Waals surface area contributed by atoms with E-state index < -0.39 is 5.60 Å². The van der Waals surface area contributed by atoms with Crippen molar-refractivity contribution >= 4 is 22.3 Å². The average molecular weight is 213 g/mol. The summed E-state index contributed by atoms with van der Waals surface area (Å²) in [5.74, 6) is -0.260. The fourth-order valence-corrected chi connectivity index (χ4v) is 1.65. The molecule has 0 radical (unpaired) electrons. The van der Waals surface area contributed by atoms with Crippen molar-refractivity contribution < 1.29 is 9.53 Å². The third-order valence-corrected chi connectivity index (χ3v) is 2.54. The van der Waals surface area contributed by atoms with Gasteiger partial charge >= 0.3 is 5.97 Å². The van der Waals surface area contributed by atoms with Gasteiger partial charge in [-0.1, -0.05) is 0 Å². The van der Waals surface area contributed by atoms with E-state index in [9.17, 15) is 4.79 Å². The smallest absolute Gasteiger partial charge is 0.348 e. The van der Waals surface area contributed by atoms with Gasteiger partial charge in [0.2, 0.25) is 0 Å². The summed E-state index contributed by atoms with van der Waals surface area (Å²) in [6.07, 6.45) is 0. The first-order chi connectivity index (χ1) is 6.42. The molecular weight excluding hydrogens is 198 g/mol. The van der Waals surface area contributed by atoms with Crippen LogP contribution in [0.1, 0.15) is 30.4 Å². The number of hydrogen-bond acceptors (Lipinski definition) is 4. The van der Waals surface area contributed by atoms with Crippen molar-refractivity contribution in [3.8, 4) is 0 Å². The zero-order chi connectivity index (χ0) is 10.8. The van der Waals surface area contributed by atoms with E-state index >= 15 is 0 Å². The molecule has 14 heavy (non-hydrogen) atoms. The number of nitrogens with one attached hydrogen (secondary N) is 1. The monoisotopic (exact) mass is 213 g/mol. The summed E-state index contributed by atoms with van der Waals surface area (Å²) in [7, 11) is 1.82. The lowest BCUT2D eigenvalue weighted by Crippen LogP contribution is -2.23. The molecule has 0 fully saturated rings. The fourth-order valence-electron chi connectivity index (χ4n) is 0.910. The molecule has 0 saturated heterocycles. The molecule has 0 bridgehead atoms. The Morgan fingerprint density at radius 2 is 2.07 bits per heavy atom. The van der Waals surface area contributed by atoms with Crippen molar-refractivity contribution in [2.45, 2.75) is 26.4 Å². The maximum atomic E-state index is 11.5.